The van der Waals surface area contributed by atoms with Crippen LogP contribution in [0.1, 0.15) is 83.7 Å². The maximum Gasteiger partial charge on any atom is 0.318 e. The highest BCUT2D eigenvalue weighted by Crippen LogP contribution is 2.45. The SMILES string of the molecule is C=CCCCCCNC(=O)N1C[C@H](Oc2cc(-c3nc(C(C)C)cs3)nc3c(Cl)c(OC)ccc23)C[C@H]1C(=O)N[C@]1(C(=O)NS(=O)(=O)C2CC2)C[C@H]1C. The van der Waals surface area contributed by atoms with Crippen LogP contribution in [0.15, 0.2) is 36.2 Å². The van der Waals surface area contributed by atoms with Gasteiger partial charge in [-0.05, 0) is 62.5 Å². The zero-order chi connectivity index (χ0) is 38.1. The van der Waals surface area contributed by atoms with E-state index >= 15 is 0 Å². The quantitative estimate of drug-likeness (QED) is 0.118. The first-order valence-corrected chi connectivity index (χ1v) is 20.9. The van der Waals surface area contributed by atoms with Gasteiger partial charge in [0.15, 0.2) is 0 Å². The lowest BCUT2D eigenvalue weighted by Crippen LogP contribution is -2.57. The van der Waals surface area contributed by atoms with E-state index in [2.05, 4.69) is 35.8 Å². The van der Waals surface area contributed by atoms with Gasteiger partial charge in [-0.1, -0.05) is 44.9 Å². The Morgan fingerprint density at radius 2 is 1.92 bits per heavy atom. The Kier molecular flexibility index (Phi) is 11.6. The molecular formula is C37H47ClN6O7S2. The number of carbonyl (C=O) groups is 3. The Balaban J connectivity index is 1.27. The van der Waals surface area contributed by atoms with Gasteiger partial charge in [-0.15, -0.1) is 17.9 Å². The van der Waals surface area contributed by atoms with Crippen molar-refractivity contribution in [3.05, 3.63) is 47.0 Å². The number of hydrogen-bond acceptors (Lipinski definition) is 10. The summed E-state index contributed by atoms with van der Waals surface area (Å²) in [5, 5.41) is 8.79. The minimum Gasteiger partial charge on any atom is -0.495 e. The molecule has 13 nitrogen and oxygen atoms in total. The van der Waals surface area contributed by atoms with E-state index in [1.807, 2.05) is 11.5 Å². The fourth-order valence-electron chi connectivity index (χ4n) is 6.62. The Morgan fingerprint density at radius 1 is 1.17 bits per heavy atom. The number of unbranched alkanes of at least 4 members (excludes halogenated alkanes) is 3. The van der Waals surface area contributed by atoms with Crippen molar-refractivity contribution < 1.29 is 32.3 Å². The second kappa shape index (κ2) is 15.8. The van der Waals surface area contributed by atoms with Crippen molar-refractivity contribution in [3.63, 3.8) is 0 Å². The number of halogens is 1. The molecule has 0 bridgehead atoms. The third-order valence-corrected chi connectivity index (χ3v) is 13.2. The summed E-state index contributed by atoms with van der Waals surface area (Å²) in [6.07, 6.45) is 6.12. The summed E-state index contributed by atoms with van der Waals surface area (Å²) in [4.78, 5) is 52.1. The molecule has 3 heterocycles. The second-order valence-electron chi connectivity index (χ2n) is 14.5. The number of nitrogens with one attached hydrogen (secondary N) is 3. The first-order valence-electron chi connectivity index (χ1n) is 18.1. The summed E-state index contributed by atoms with van der Waals surface area (Å²) in [5.74, 6) is -0.495. The predicted molar refractivity (Wildman–Crippen MR) is 205 cm³/mol. The van der Waals surface area contributed by atoms with Crippen molar-refractivity contribution in [1.82, 2.24) is 30.2 Å². The Morgan fingerprint density at radius 3 is 2.57 bits per heavy atom. The molecule has 3 aromatic rings. The van der Waals surface area contributed by atoms with E-state index in [1.54, 1.807) is 25.1 Å². The van der Waals surface area contributed by atoms with E-state index in [0.29, 0.717) is 57.5 Å². The fourth-order valence-corrected chi connectivity index (χ4v) is 9.21. The van der Waals surface area contributed by atoms with Crippen LogP contribution in [0.4, 0.5) is 4.79 Å². The number of urea groups is 1. The molecule has 3 fully saturated rings. The normalized spacial score (nSPS) is 22.5. The van der Waals surface area contributed by atoms with Crippen LogP contribution in [-0.2, 0) is 19.6 Å². The Labute approximate surface area is 319 Å². The number of rotatable bonds is 16. The Bertz CT molecular complexity index is 2000. The number of pyridine rings is 1. The lowest BCUT2D eigenvalue weighted by Gasteiger charge is -2.26. The number of allylic oxidation sites excluding steroid dienone is 1. The number of sulfonamides is 1. The molecule has 0 radical (unpaired) electrons. The van der Waals surface area contributed by atoms with Crippen LogP contribution in [0.5, 0.6) is 11.5 Å². The van der Waals surface area contributed by atoms with Crippen molar-refractivity contribution in [2.45, 2.75) is 101 Å². The van der Waals surface area contributed by atoms with Crippen LogP contribution >= 0.6 is 22.9 Å². The number of ether oxygens (including phenoxy) is 2. The summed E-state index contributed by atoms with van der Waals surface area (Å²) in [6, 6.07) is 3.89. The smallest absolute Gasteiger partial charge is 0.318 e. The highest BCUT2D eigenvalue weighted by molar-refractivity contribution is 7.91. The standard InChI is InChI=1S/C37H47ClN6O7S2/c1-6-7-8-9-10-15-39-36(47)44-19-23(16-28(44)33(45)42-37(18-22(37)4)35(46)43-53(48,49)24-11-12-24)51-30-17-26(34-41-27(20-52-34)21(2)3)40-32-25(30)13-14-29(50-5)31(32)38/h6,13-14,17,20-24,28H,1,7-12,15-16,18-19H2,2-5H3,(H,39,47)(H,42,45)(H,43,46)/t22-,23-,28+,37-/m1/s1. The maximum absolute atomic E-state index is 14.1. The number of benzene rings is 1. The van der Waals surface area contributed by atoms with E-state index in [9.17, 15) is 22.8 Å². The van der Waals surface area contributed by atoms with Gasteiger partial charge in [0.05, 0.1) is 30.1 Å². The van der Waals surface area contributed by atoms with E-state index in [0.717, 1.165) is 31.4 Å². The molecular weight excluding hydrogens is 740 g/mol. The first-order chi connectivity index (χ1) is 25.3. The van der Waals surface area contributed by atoms with Gasteiger partial charge in [-0.25, -0.2) is 23.2 Å². The molecule has 2 aromatic heterocycles. The van der Waals surface area contributed by atoms with Gasteiger partial charge in [0, 0.05) is 29.8 Å². The maximum atomic E-state index is 14.1. The third kappa shape index (κ3) is 8.41. The van der Waals surface area contributed by atoms with Crippen molar-refractivity contribution in [1.29, 1.82) is 0 Å². The zero-order valence-electron chi connectivity index (χ0n) is 30.4. The van der Waals surface area contributed by atoms with Crippen LogP contribution in [0.3, 0.4) is 0 Å². The number of methoxy groups -OCH3 is 1. The topological polar surface area (TPSA) is 169 Å². The Hall–Kier alpha value is -3.95. The van der Waals surface area contributed by atoms with Gasteiger partial charge >= 0.3 is 6.03 Å². The van der Waals surface area contributed by atoms with Crippen LogP contribution in [0, 0.1) is 5.92 Å². The van der Waals surface area contributed by atoms with E-state index < -0.39 is 50.8 Å². The largest absolute Gasteiger partial charge is 0.495 e. The molecule has 4 amide bonds. The summed E-state index contributed by atoms with van der Waals surface area (Å²) in [6.45, 7) is 10.1. The lowest BCUT2D eigenvalue weighted by atomic mass is 10.1. The van der Waals surface area contributed by atoms with Gasteiger partial charge in [0.1, 0.15) is 44.9 Å². The van der Waals surface area contributed by atoms with Crippen molar-refractivity contribution >= 4 is 61.7 Å². The molecule has 0 unspecified atom stereocenters. The average molecular weight is 787 g/mol. The van der Waals surface area contributed by atoms with E-state index in [1.165, 1.54) is 23.3 Å². The highest BCUT2D eigenvalue weighted by atomic mass is 35.5. The molecule has 53 heavy (non-hydrogen) atoms. The molecule has 3 N–H and O–H groups in total. The molecule has 1 aromatic carbocycles. The summed E-state index contributed by atoms with van der Waals surface area (Å²) >= 11 is 8.24. The molecule has 2 saturated carbocycles. The minimum absolute atomic E-state index is 0.0724. The molecule has 6 rings (SSSR count). The molecule has 0 spiro atoms. The molecule has 4 atom stereocenters. The molecule has 16 heteroatoms. The average Bonchev–Trinajstić information content (AvgIpc) is 3.97. The molecule has 2 aliphatic carbocycles. The van der Waals surface area contributed by atoms with E-state index in [4.69, 9.17) is 31.0 Å². The summed E-state index contributed by atoms with van der Waals surface area (Å²) < 4.78 is 39.5. The van der Waals surface area contributed by atoms with Crippen LogP contribution in [0.2, 0.25) is 5.02 Å². The van der Waals surface area contributed by atoms with Crippen LogP contribution < -0.4 is 24.8 Å². The number of carbonyl (C=O) groups excluding carboxylic acids is 3. The number of amides is 4. The fraction of sp³-hybridized carbons (Fsp3) is 0.541. The van der Waals surface area contributed by atoms with Crippen molar-refractivity contribution in [2.75, 3.05) is 20.2 Å². The number of thiazole rings is 1. The number of nitrogens with zero attached hydrogens (tertiary/aromatic N) is 3. The first kappa shape index (κ1) is 38.8. The number of fused-ring (bicyclic) bond motifs is 1. The highest BCUT2D eigenvalue weighted by Gasteiger charge is 2.61. The van der Waals surface area contributed by atoms with E-state index in [-0.39, 0.29) is 31.2 Å². The summed E-state index contributed by atoms with van der Waals surface area (Å²) in [5.41, 5.74) is 0.546. The van der Waals surface area contributed by atoms with Gasteiger partial charge in [-0.3, -0.25) is 14.3 Å². The van der Waals surface area contributed by atoms with Crippen molar-refractivity contribution in [2.24, 2.45) is 5.92 Å². The second-order valence-corrected chi connectivity index (χ2v) is 17.7. The van der Waals surface area contributed by atoms with Gasteiger partial charge in [-0.2, -0.15) is 0 Å². The van der Waals surface area contributed by atoms with Crippen LogP contribution in [0.25, 0.3) is 21.6 Å². The van der Waals surface area contributed by atoms with Crippen molar-refractivity contribution in [3.8, 4) is 22.2 Å². The third-order valence-electron chi connectivity index (χ3n) is 10.1. The number of aromatic nitrogens is 2. The number of hydrogen-bond donors (Lipinski definition) is 3. The number of likely N-dealkylation sites (tertiary alicyclic amines) is 1. The van der Waals surface area contributed by atoms with Gasteiger partial charge in [0.25, 0.3) is 5.91 Å². The van der Waals surface area contributed by atoms with Gasteiger partial charge < -0.3 is 25.0 Å². The molecule has 1 aliphatic heterocycles. The predicted octanol–water partition coefficient (Wildman–Crippen LogP) is 5.92. The van der Waals surface area contributed by atoms with Gasteiger partial charge in [0.2, 0.25) is 15.9 Å². The zero-order valence-corrected chi connectivity index (χ0v) is 32.8. The molecule has 286 valence electrons. The lowest BCUT2D eigenvalue weighted by molar-refractivity contribution is -0.131. The minimum atomic E-state index is -3.82. The monoisotopic (exact) mass is 786 g/mol. The summed E-state index contributed by atoms with van der Waals surface area (Å²) in [7, 11) is -2.30. The molecule has 1 saturated heterocycles. The molecule has 3 aliphatic rings. The van der Waals surface area contributed by atoms with Crippen LogP contribution in [-0.4, -0.2) is 84.3 Å².